The quantitative estimate of drug-likeness (QED) is 0.772. The zero-order chi connectivity index (χ0) is 17.7. The number of esters is 2. The van der Waals surface area contributed by atoms with Gasteiger partial charge in [-0.25, -0.2) is 0 Å². The summed E-state index contributed by atoms with van der Waals surface area (Å²) in [5.74, 6) is -1.30. The molecule has 0 aliphatic heterocycles. The highest BCUT2D eigenvalue weighted by Gasteiger charge is 2.29. The number of carbonyl (C=O) groups excluding carboxylic acids is 2. The second kappa shape index (κ2) is 7.62. The van der Waals surface area contributed by atoms with E-state index in [1.165, 1.54) is 0 Å². The van der Waals surface area contributed by atoms with Gasteiger partial charge in [-0.2, -0.15) is 0 Å². The van der Waals surface area contributed by atoms with Crippen molar-refractivity contribution in [3.8, 4) is 0 Å². The van der Waals surface area contributed by atoms with Crippen LogP contribution in [0, 0.1) is 5.92 Å². The molecule has 23 heavy (non-hydrogen) atoms. The molecule has 0 aromatic heterocycles. The summed E-state index contributed by atoms with van der Waals surface area (Å²) >= 11 is 0. The molecular weight excluding hydrogens is 292 g/mol. The first-order valence-electron chi connectivity index (χ1n) is 7.95. The van der Waals surface area contributed by atoms with E-state index in [9.17, 15) is 9.59 Å². The molecule has 4 nitrogen and oxygen atoms in total. The Hall–Kier alpha value is -1.84. The lowest BCUT2D eigenvalue weighted by Crippen LogP contribution is -2.33. The molecule has 0 aliphatic carbocycles. The molecule has 0 heterocycles. The van der Waals surface area contributed by atoms with Crippen LogP contribution >= 0.6 is 0 Å². The van der Waals surface area contributed by atoms with Gasteiger partial charge in [0.1, 0.15) is 11.2 Å². The summed E-state index contributed by atoms with van der Waals surface area (Å²) in [5.41, 5.74) is -0.158. The van der Waals surface area contributed by atoms with Gasteiger partial charge in [-0.3, -0.25) is 9.59 Å². The lowest BCUT2D eigenvalue weighted by Gasteiger charge is -2.25. The zero-order valence-corrected chi connectivity index (χ0v) is 15.0. The van der Waals surface area contributed by atoms with Crippen molar-refractivity contribution in [3.63, 3.8) is 0 Å². The molecule has 128 valence electrons. The Balaban J connectivity index is 2.83. The molecule has 0 radical (unpaired) electrons. The van der Waals surface area contributed by atoms with Gasteiger partial charge >= 0.3 is 11.9 Å². The maximum atomic E-state index is 12.4. The standard InChI is InChI=1S/C19H28O4/c1-18(2,3)22-16(20)13-15(17(21)23-19(4,5)6)12-14-10-8-7-9-11-14/h7-11,15H,12-13H2,1-6H3/t15-/m0/s1. The average Bonchev–Trinajstić information content (AvgIpc) is 2.34. The molecule has 0 bridgehead atoms. The van der Waals surface area contributed by atoms with E-state index in [-0.39, 0.29) is 18.4 Å². The molecule has 1 aromatic carbocycles. The van der Waals surface area contributed by atoms with E-state index >= 15 is 0 Å². The molecule has 0 unspecified atom stereocenters. The van der Waals surface area contributed by atoms with Crippen LogP contribution < -0.4 is 0 Å². The van der Waals surface area contributed by atoms with Crippen molar-refractivity contribution in [1.82, 2.24) is 0 Å². The summed E-state index contributed by atoms with van der Waals surface area (Å²) in [5, 5.41) is 0. The first-order valence-corrected chi connectivity index (χ1v) is 7.95. The van der Waals surface area contributed by atoms with E-state index < -0.39 is 17.1 Å². The first-order chi connectivity index (χ1) is 10.5. The summed E-state index contributed by atoms with van der Waals surface area (Å²) in [7, 11) is 0. The molecule has 0 N–H and O–H groups in total. The van der Waals surface area contributed by atoms with E-state index in [0.29, 0.717) is 6.42 Å². The maximum Gasteiger partial charge on any atom is 0.310 e. The molecule has 1 atom stereocenters. The highest BCUT2D eigenvalue weighted by atomic mass is 16.6. The van der Waals surface area contributed by atoms with Crippen molar-refractivity contribution in [1.29, 1.82) is 0 Å². The van der Waals surface area contributed by atoms with Crippen LogP contribution in [0.25, 0.3) is 0 Å². The molecule has 0 fully saturated rings. The molecule has 0 saturated carbocycles. The fourth-order valence-corrected chi connectivity index (χ4v) is 2.11. The maximum absolute atomic E-state index is 12.4. The summed E-state index contributed by atoms with van der Waals surface area (Å²) in [6.07, 6.45) is 0.468. The van der Waals surface area contributed by atoms with Gasteiger partial charge in [-0.05, 0) is 53.5 Å². The van der Waals surface area contributed by atoms with E-state index in [1.54, 1.807) is 0 Å². The van der Waals surface area contributed by atoms with Crippen LogP contribution in [-0.2, 0) is 25.5 Å². The van der Waals surface area contributed by atoms with Gasteiger partial charge in [0.05, 0.1) is 12.3 Å². The van der Waals surface area contributed by atoms with Crippen LogP contribution in [-0.4, -0.2) is 23.1 Å². The smallest absolute Gasteiger partial charge is 0.310 e. The second-order valence-electron chi connectivity index (χ2n) is 7.71. The molecular formula is C19H28O4. The summed E-state index contributed by atoms with van der Waals surface area (Å²) in [4.78, 5) is 24.5. The minimum absolute atomic E-state index is 0.0150. The van der Waals surface area contributed by atoms with E-state index in [1.807, 2.05) is 71.9 Å². The van der Waals surface area contributed by atoms with E-state index in [0.717, 1.165) is 5.56 Å². The van der Waals surface area contributed by atoms with Crippen LogP contribution in [0.4, 0.5) is 0 Å². The second-order valence-corrected chi connectivity index (χ2v) is 7.71. The van der Waals surface area contributed by atoms with Crippen LogP contribution in [0.5, 0.6) is 0 Å². The number of hydrogen-bond acceptors (Lipinski definition) is 4. The summed E-state index contributed by atoms with van der Waals surface area (Å²) in [6, 6.07) is 9.61. The Bertz CT molecular complexity index is 521. The minimum atomic E-state index is -0.583. The molecule has 4 heteroatoms. The zero-order valence-electron chi connectivity index (χ0n) is 15.0. The van der Waals surface area contributed by atoms with Crippen LogP contribution in [0.15, 0.2) is 30.3 Å². The van der Waals surface area contributed by atoms with Crippen molar-refractivity contribution < 1.29 is 19.1 Å². The number of ether oxygens (including phenoxy) is 2. The van der Waals surface area contributed by atoms with Gasteiger partial charge in [0.25, 0.3) is 0 Å². The fraction of sp³-hybridized carbons (Fsp3) is 0.579. The third-order valence-corrected chi connectivity index (χ3v) is 2.90. The Morgan fingerprint density at radius 1 is 0.913 bits per heavy atom. The lowest BCUT2D eigenvalue weighted by molar-refractivity contribution is -0.167. The van der Waals surface area contributed by atoms with Crippen LogP contribution in [0.2, 0.25) is 0 Å². The van der Waals surface area contributed by atoms with Crippen molar-refractivity contribution in [3.05, 3.63) is 35.9 Å². The average molecular weight is 320 g/mol. The van der Waals surface area contributed by atoms with E-state index in [2.05, 4.69) is 0 Å². The molecule has 1 aromatic rings. The van der Waals surface area contributed by atoms with Gasteiger partial charge in [0, 0.05) is 0 Å². The molecule has 0 spiro atoms. The highest BCUT2D eigenvalue weighted by Crippen LogP contribution is 2.20. The fourth-order valence-electron chi connectivity index (χ4n) is 2.11. The molecule has 1 rings (SSSR count). The third-order valence-electron chi connectivity index (χ3n) is 2.90. The van der Waals surface area contributed by atoms with Crippen molar-refractivity contribution in [2.45, 2.75) is 65.6 Å². The van der Waals surface area contributed by atoms with Crippen LogP contribution in [0.3, 0.4) is 0 Å². The van der Waals surface area contributed by atoms with Crippen molar-refractivity contribution in [2.75, 3.05) is 0 Å². The van der Waals surface area contributed by atoms with Crippen LogP contribution in [0.1, 0.15) is 53.5 Å². The number of hydrogen-bond donors (Lipinski definition) is 0. The predicted molar refractivity (Wildman–Crippen MR) is 89.9 cm³/mol. The Morgan fingerprint density at radius 3 is 1.91 bits per heavy atom. The third kappa shape index (κ3) is 8.38. The van der Waals surface area contributed by atoms with Gasteiger partial charge in [-0.1, -0.05) is 30.3 Å². The molecule has 0 amide bonds. The number of rotatable bonds is 5. The largest absolute Gasteiger partial charge is 0.460 e. The Morgan fingerprint density at radius 2 is 1.43 bits per heavy atom. The molecule has 0 aliphatic rings. The van der Waals surface area contributed by atoms with Gasteiger partial charge in [0.2, 0.25) is 0 Å². The van der Waals surface area contributed by atoms with Gasteiger partial charge in [-0.15, -0.1) is 0 Å². The van der Waals surface area contributed by atoms with E-state index in [4.69, 9.17) is 9.47 Å². The first kappa shape index (κ1) is 19.2. The lowest BCUT2D eigenvalue weighted by atomic mass is 9.96. The predicted octanol–water partition coefficient (Wildman–Crippen LogP) is 3.92. The minimum Gasteiger partial charge on any atom is -0.460 e. The summed E-state index contributed by atoms with van der Waals surface area (Å²) < 4.78 is 10.8. The van der Waals surface area contributed by atoms with Crippen molar-refractivity contribution >= 4 is 11.9 Å². The highest BCUT2D eigenvalue weighted by molar-refractivity contribution is 5.80. The Kier molecular flexibility index (Phi) is 6.37. The topological polar surface area (TPSA) is 52.6 Å². The van der Waals surface area contributed by atoms with Crippen molar-refractivity contribution in [2.24, 2.45) is 5.92 Å². The number of benzene rings is 1. The van der Waals surface area contributed by atoms with Gasteiger partial charge < -0.3 is 9.47 Å². The summed E-state index contributed by atoms with van der Waals surface area (Å²) in [6.45, 7) is 10.9. The number of carbonyl (C=O) groups is 2. The normalized spacial score (nSPS) is 13.3. The Labute approximate surface area is 139 Å². The SMILES string of the molecule is CC(C)(C)OC(=O)C[C@H](Cc1ccccc1)C(=O)OC(C)(C)C. The van der Waals surface area contributed by atoms with Gasteiger partial charge in [0.15, 0.2) is 0 Å². The molecule has 0 saturated heterocycles. The monoisotopic (exact) mass is 320 g/mol.